The van der Waals surface area contributed by atoms with Gasteiger partial charge in [0.05, 0.1) is 0 Å². The van der Waals surface area contributed by atoms with Crippen molar-refractivity contribution in [1.29, 1.82) is 0 Å². The van der Waals surface area contributed by atoms with Crippen LogP contribution in [0.25, 0.3) is 0 Å². The van der Waals surface area contributed by atoms with E-state index in [4.69, 9.17) is 5.73 Å². The van der Waals surface area contributed by atoms with E-state index in [2.05, 4.69) is 13.2 Å². The number of anilines is 1. The number of benzene rings is 1. The number of nitrogens with zero attached hydrogens (tertiary/aromatic N) is 2. The number of carbonyl (C=O) groups excluding carboxylic acids is 1. The van der Waals surface area contributed by atoms with Gasteiger partial charge in [-0.05, 0) is 0 Å². The molecule has 3 rings (SSSR count). The van der Waals surface area contributed by atoms with Crippen LogP contribution in [0.4, 0.5) is 17.1 Å². The molecule has 5 nitrogen and oxygen atoms in total. The van der Waals surface area contributed by atoms with Gasteiger partial charge in [-0.25, -0.2) is 0 Å². The van der Waals surface area contributed by atoms with E-state index >= 15 is 0 Å². The van der Waals surface area contributed by atoms with Crippen molar-refractivity contribution in [2.24, 2.45) is 19.1 Å². The van der Waals surface area contributed by atoms with E-state index in [1.807, 2.05) is 18.2 Å². The molecule has 1 aromatic carbocycles. The van der Waals surface area contributed by atoms with Gasteiger partial charge in [-0.1, -0.05) is 0 Å². The minimum absolute atomic E-state index is 0.00819. The van der Waals surface area contributed by atoms with Crippen LogP contribution < -0.4 is 11.1 Å². The molecule has 0 unspecified atom stereocenters. The van der Waals surface area contributed by atoms with Gasteiger partial charge in [0.25, 0.3) is 0 Å². The molecule has 1 aliphatic carbocycles. The molecule has 0 bridgehead atoms. The molecule has 0 atom stereocenters. The molecular formula is C15H20N4OSe. The first-order chi connectivity index (χ1) is 10.2. The third-order valence-electron chi connectivity index (χ3n) is 4.44. The first-order valence-corrected chi connectivity index (χ1v) is 8.97. The van der Waals surface area contributed by atoms with Crippen LogP contribution in [0.5, 0.6) is 0 Å². The summed E-state index contributed by atoms with van der Waals surface area (Å²) < 4.78 is 8.73. The van der Waals surface area contributed by atoms with Gasteiger partial charge in [0, 0.05) is 0 Å². The van der Waals surface area contributed by atoms with E-state index < -0.39 is 0 Å². The summed E-state index contributed by atoms with van der Waals surface area (Å²) in [7, 11) is 0. The molecule has 0 aromatic heterocycles. The molecule has 3 N–H and O–H groups in total. The number of nitrogens with one attached hydrogen (secondary N) is 1. The van der Waals surface area contributed by atoms with Crippen molar-refractivity contribution < 1.29 is 4.79 Å². The maximum absolute atomic E-state index is 12.4. The number of fused-ring (bicyclic) bond motifs is 1. The molecule has 21 heavy (non-hydrogen) atoms. The van der Waals surface area contributed by atoms with Crippen LogP contribution in [0.1, 0.15) is 38.5 Å². The summed E-state index contributed by atoms with van der Waals surface area (Å²) in [6.45, 7) is 0.593. The third kappa shape index (κ3) is 3.18. The molecule has 1 aliphatic heterocycles. The van der Waals surface area contributed by atoms with Crippen molar-refractivity contribution in [3.05, 3.63) is 18.2 Å². The second-order valence-corrected chi connectivity index (χ2v) is 7.04. The minimum atomic E-state index is -0.0784. The molecule has 1 heterocycles. The molecular weight excluding hydrogens is 331 g/mol. The van der Waals surface area contributed by atoms with Gasteiger partial charge >= 0.3 is 130 Å². The predicted octanol–water partition coefficient (Wildman–Crippen LogP) is 3.27. The number of carbonyl (C=O) groups is 1. The molecule has 0 radical (unpaired) electrons. The fourth-order valence-corrected chi connectivity index (χ4v) is 4.35. The Labute approximate surface area is 130 Å². The Hall–Kier alpha value is -1.23. The summed E-state index contributed by atoms with van der Waals surface area (Å²) in [5.41, 5.74) is 8.45. The summed E-state index contributed by atoms with van der Waals surface area (Å²) in [6.07, 6.45) is 6.26. The maximum atomic E-state index is 12.4. The van der Waals surface area contributed by atoms with Gasteiger partial charge in [0.15, 0.2) is 0 Å². The van der Waals surface area contributed by atoms with Gasteiger partial charge in [0.1, 0.15) is 0 Å². The Bertz CT molecular complexity index is 616. The van der Waals surface area contributed by atoms with Crippen LogP contribution in [-0.2, 0) is 4.79 Å². The van der Waals surface area contributed by atoms with Gasteiger partial charge in [-0.3, -0.25) is 0 Å². The summed E-state index contributed by atoms with van der Waals surface area (Å²) >= 11 is -0.0784. The van der Waals surface area contributed by atoms with Crippen molar-refractivity contribution in [3.63, 3.8) is 0 Å². The predicted molar refractivity (Wildman–Crippen MR) is 84.2 cm³/mol. The van der Waals surface area contributed by atoms with E-state index in [0.29, 0.717) is 13.0 Å². The Morgan fingerprint density at radius 3 is 2.86 bits per heavy atom. The van der Waals surface area contributed by atoms with E-state index in [9.17, 15) is 4.79 Å². The summed E-state index contributed by atoms with van der Waals surface area (Å²) in [6, 6.07) is 5.74. The number of rotatable bonds is 4. The van der Waals surface area contributed by atoms with Gasteiger partial charge in [0.2, 0.25) is 0 Å². The van der Waals surface area contributed by atoms with Crippen molar-refractivity contribution in [2.45, 2.75) is 38.5 Å². The van der Waals surface area contributed by atoms with Crippen LogP contribution in [0, 0.1) is 5.41 Å². The second kappa shape index (κ2) is 6.26. The van der Waals surface area contributed by atoms with Crippen molar-refractivity contribution in [1.82, 2.24) is 0 Å². The van der Waals surface area contributed by atoms with Gasteiger partial charge in [-0.2, -0.15) is 0 Å². The molecule has 0 spiro atoms. The number of hydrogen-bond donors (Lipinski definition) is 2. The zero-order valence-electron chi connectivity index (χ0n) is 12.0. The van der Waals surface area contributed by atoms with Crippen molar-refractivity contribution in [2.75, 3.05) is 11.9 Å². The summed E-state index contributed by atoms with van der Waals surface area (Å²) in [4.78, 5) is 12.4. The Morgan fingerprint density at radius 1 is 1.29 bits per heavy atom. The molecule has 112 valence electrons. The van der Waals surface area contributed by atoms with E-state index in [1.165, 1.54) is 19.3 Å². The van der Waals surface area contributed by atoms with Crippen molar-refractivity contribution >= 4 is 37.5 Å². The van der Waals surface area contributed by atoms with Crippen LogP contribution in [0.3, 0.4) is 0 Å². The average Bonchev–Trinajstić information content (AvgIpc) is 2.98. The van der Waals surface area contributed by atoms with Crippen LogP contribution in [-0.4, -0.2) is 27.0 Å². The summed E-state index contributed by atoms with van der Waals surface area (Å²) in [5, 5.41) is 3.01. The Balaban J connectivity index is 1.70. The Morgan fingerprint density at radius 2 is 2.10 bits per heavy atom. The number of hydrogen-bond acceptors (Lipinski definition) is 4. The molecule has 1 aromatic rings. The van der Waals surface area contributed by atoms with Crippen LogP contribution in [0.15, 0.2) is 26.1 Å². The molecule has 1 saturated carbocycles. The molecule has 1 fully saturated rings. The van der Waals surface area contributed by atoms with E-state index in [-0.39, 0.29) is 25.9 Å². The molecule has 2 aliphatic rings. The normalized spacial score (nSPS) is 18.9. The first-order valence-electron chi connectivity index (χ1n) is 7.44. The SMILES string of the molecule is NCC1(CC(=O)Nc2cccc3c2N=[Se]=N3)CCCCC1. The van der Waals surface area contributed by atoms with E-state index in [1.54, 1.807) is 0 Å². The molecule has 6 heteroatoms. The number of amides is 1. The Kier molecular flexibility index (Phi) is 4.38. The monoisotopic (exact) mass is 352 g/mol. The molecule has 0 saturated heterocycles. The zero-order chi connectivity index (χ0) is 14.7. The first kappa shape index (κ1) is 14.7. The second-order valence-electron chi connectivity index (χ2n) is 5.93. The fourth-order valence-electron chi connectivity index (χ4n) is 3.20. The van der Waals surface area contributed by atoms with Crippen LogP contribution >= 0.6 is 0 Å². The fraction of sp³-hybridized carbons (Fsp3) is 0.533. The van der Waals surface area contributed by atoms with E-state index in [0.717, 1.165) is 29.9 Å². The van der Waals surface area contributed by atoms with Crippen molar-refractivity contribution in [3.8, 4) is 0 Å². The zero-order valence-corrected chi connectivity index (χ0v) is 13.7. The third-order valence-corrected chi connectivity index (χ3v) is 5.58. The van der Waals surface area contributed by atoms with Gasteiger partial charge in [-0.15, -0.1) is 0 Å². The topological polar surface area (TPSA) is 79.8 Å². The standard InChI is InChI=1S/C15H20N4OSe/c16-10-15(7-2-1-3-8-15)9-13(20)17-11-5-4-6-12-14(11)19-21-18-12/h4-6H,1-3,7-10,16H2,(H,17,20). The average molecular weight is 351 g/mol. The number of nitrogens with two attached hydrogens (primary N) is 1. The van der Waals surface area contributed by atoms with Gasteiger partial charge < -0.3 is 0 Å². The molecule has 1 amide bonds. The van der Waals surface area contributed by atoms with Crippen LogP contribution in [0.2, 0.25) is 0 Å². The quantitative estimate of drug-likeness (QED) is 0.829. The summed E-state index contributed by atoms with van der Waals surface area (Å²) in [5.74, 6) is 0.0466.